The molecule has 0 saturated carbocycles. The molecule has 11 heteroatoms. The number of para-hydroxylation sites is 1. The summed E-state index contributed by atoms with van der Waals surface area (Å²) in [5.74, 6) is -1.80. The minimum absolute atomic E-state index is 0.0128. The van der Waals surface area contributed by atoms with Crippen molar-refractivity contribution in [2.75, 3.05) is 39.9 Å². The lowest BCUT2D eigenvalue weighted by Crippen LogP contribution is -2.60. The maximum absolute atomic E-state index is 12.6. The van der Waals surface area contributed by atoms with Crippen LogP contribution < -0.4 is 10.1 Å². The van der Waals surface area contributed by atoms with Gasteiger partial charge in [-0.1, -0.05) is 12.1 Å². The van der Waals surface area contributed by atoms with Gasteiger partial charge < -0.3 is 24.8 Å². The molecule has 0 aliphatic carbocycles. The molecule has 1 aliphatic rings. The number of ether oxygens (including phenoxy) is 2. The predicted molar refractivity (Wildman–Crippen MR) is 112 cm³/mol. The number of rotatable bonds is 6. The third-order valence-corrected chi connectivity index (χ3v) is 5.05. The first-order valence-corrected chi connectivity index (χ1v) is 10.0. The number of carboxylic acids is 1. The molecule has 1 unspecified atom stereocenters. The van der Waals surface area contributed by atoms with Gasteiger partial charge in [0, 0.05) is 24.5 Å². The third-order valence-electron chi connectivity index (χ3n) is 5.05. The number of piperazine rings is 1. The molecule has 2 heterocycles. The number of nitrogens with one attached hydrogen (secondary N) is 1. The number of fused-ring (bicyclic) bond motifs is 1. The summed E-state index contributed by atoms with van der Waals surface area (Å²) in [5.41, 5.74) is 0.659. The Morgan fingerprint density at radius 2 is 1.97 bits per heavy atom. The average molecular weight is 444 g/mol. The summed E-state index contributed by atoms with van der Waals surface area (Å²) in [5, 5.41) is 12.7. The van der Waals surface area contributed by atoms with Gasteiger partial charge in [0.05, 0.1) is 32.3 Å². The number of hydrogen-bond acceptors (Lipinski definition) is 7. The SMILES string of the molecule is CCOC(=O)N1CCN(C(=O)CNC(=O)c2cc(OC)c3ccccc3n2)CC1C(=O)O. The van der Waals surface area contributed by atoms with Crippen molar-refractivity contribution < 1.29 is 33.8 Å². The van der Waals surface area contributed by atoms with Crippen molar-refractivity contribution in [2.24, 2.45) is 0 Å². The Morgan fingerprint density at radius 1 is 1.22 bits per heavy atom. The Labute approximate surface area is 183 Å². The summed E-state index contributed by atoms with van der Waals surface area (Å²) in [6, 6.07) is 7.44. The number of amides is 3. The minimum atomic E-state index is -1.24. The fraction of sp³-hybridized carbons (Fsp3) is 0.381. The van der Waals surface area contributed by atoms with Crippen molar-refractivity contribution >= 4 is 34.8 Å². The van der Waals surface area contributed by atoms with E-state index in [0.717, 1.165) is 10.3 Å². The molecule has 1 aromatic heterocycles. The topological polar surface area (TPSA) is 138 Å². The van der Waals surface area contributed by atoms with Crippen LogP contribution in [-0.4, -0.2) is 89.7 Å². The first-order chi connectivity index (χ1) is 15.3. The number of benzene rings is 1. The molecular formula is C21H24N4O7. The first kappa shape index (κ1) is 22.8. The van der Waals surface area contributed by atoms with Crippen molar-refractivity contribution in [3.05, 3.63) is 36.0 Å². The van der Waals surface area contributed by atoms with E-state index in [1.807, 2.05) is 12.1 Å². The van der Waals surface area contributed by atoms with Crippen LogP contribution in [0.1, 0.15) is 17.4 Å². The minimum Gasteiger partial charge on any atom is -0.496 e. The fourth-order valence-corrected chi connectivity index (χ4v) is 3.43. The van der Waals surface area contributed by atoms with E-state index in [0.29, 0.717) is 11.3 Å². The molecule has 0 spiro atoms. The molecule has 2 aromatic rings. The van der Waals surface area contributed by atoms with Gasteiger partial charge in [-0.15, -0.1) is 0 Å². The molecule has 1 fully saturated rings. The van der Waals surface area contributed by atoms with Crippen molar-refractivity contribution in [3.8, 4) is 5.75 Å². The summed E-state index contributed by atoms with van der Waals surface area (Å²) < 4.78 is 10.2. The predicted octanol–water partition coefficient (Wildman–Crippen LogP) is 0.727. The number of carbonyl (C=O) groups is 4. The fourth-order valence-electron chi connectivity index (χ4n) is 3.43. The van der Waals surface area contributed by atoms with Gasteiger partial charge in [0.15, 0.2) is 0 Å². The van der Waals surface area contributed by atoms with E-state index in [1.165, 1.54) is 18.1 Å². The van der Waals surface area contributed by atoms with Crippen LogP contribution in [0, 0.1) is 0 Å². The van der Waals surface area contributed by atoms with Gasteiger partial charge >= 0.3 is 12.1 Å². The van der Waals surface area contributed by atoms with Crippen LogP contribution in [0.3, 0.4) is 0 Å². The van der Waals surface area contributed by atoms with Crippen LogP contribution in [0.5, 0.6) is 5.75 Å². The van der Waals surface area contributed by atoms with Gasteiger partial charge in [-0.25, -0.2) is 14.6 Å². The highest BCUT2D eigenvalue weighted by atomic mass is 16.6. The van der Waals surface area contributed by atoms with Gasteiger partial charge in [-0.05, 0) is 19.1 Å². The lowest BCUT2D eigenvalue weighted by Gasteiger charge is -2.38. The second-order valence-electron chi connectivity index (χ2n) is 7.00. The van der Waals surface area contributed by atoms with Crippen LogP contribution in [0.2, 0.25) is 0 Å². The number of hydrogen-bond donors (Lipinski definition) is 2. The van der Waals surface area contributed by atoms with Gasteiger partial charge in [-0.3, -0.25) is 14.5 Å². The molecule has 3 rings (SSSR count). The van der Waals surface area contributed by atoms with Crippen molar-refractivity contribution in [1.82, 2.24) is 20.1 Å². The highest BCUT2D eigenvalue weighted by Crippen LogP contribution is 2.24. The number of methoxy groups -OCH3 is 1. The summed E-state index contributed by atoms with van der Waals surface area (Å²) >= 11 is 0. The van der Waals surface area contributed by atoms with E-state index >= 15 is 0 Å². The summed E-state index contributed by atoms with van der Waals surface area (Å²) in [6.45, 7) is 1.32. The van der Waals surface area contributed by atoms with E-state index in [4.69, 9.17) is 9.47 Å². The van der Waals surface area contributed by atoms with Crippen LogP contribution >= 0.6 is 0 Å². The molecular weight excluding hydrogens is 420 g/mol. The Balaban J connectivity index is 1.64. The highest BCUT2D eigenvalue weighted by Gasteiger charge is 2.37. The smallest absolute Gasteiger partial charge is 0.410 e. The van der Waals surface area contributed by atoms with Crippen molar-refractivity contribution in [3.63, 3.8) is 0 Å². The van der Waals surface area contributed by atoms with Gasteiger partial charge in [0.25, 0.3) is 5.91 Å². The summed E-state index contributed by atoms with van der Waals surface area (Å²) in [6.07, 6.45) is -0.739. The van der Waals surface area contributed by atoms with Crippen LogP contribution in [0.25, 0.3) is 10.9 Å². The lowest BCUT2D eigenvalue weighted by atomic mass is 10.1. The molecule has 1 aromatic carbocycles. The Hall–Kier alpha value is -3.89. The second kappa shape index (κ2) is 9.94. The molecule has 3 amide bonds. The van der Waals surface area contributed by atoms with Crippen LogP contribution in [-0.2, 0) is 14.3 Å². The molecule has 1 saturated heterocycles. The molecule has 0 radical (unpaired) electrons. The number of pyridine rings is 1. The van der Waals surface area contributed by atoms with Gasteiger partial charge in [0.1, 0.15) is 17.5 Å². The van der Waals surface area contributed by atoms with E-state index in [2.05, 4.69) is 10.3 Å². The molecule has 2 N–H and O–H groups in total. The monoisotopic (exact) mass is 444 g/mol. The number of aliphatic carboxylic acids is 1. The maximum Gasteiger partial charge on any atom is 0.410 e. The van der Waals surface area contributed by atoms with E-state index in [-0.39, 0.29) is 38.5 Å². The Kier molecular flexibility index (Phi) is 7.08. The van der Waals surface area contributed by atoms with Crippen molar-refractivity contribution in [1.29, 1.82) is 0 Å². The number of carbonyl (C=O) groups excluding carboxylic acids is 3. The zero-order valence-corrected chi connectivity index (χ0v) is 17.7. The first-order valence-electron chi connectivity index (χ1n) is 10.0. The molecule has 32 heavy (non-hydrogen) atoms. The summed E-state index contributed by atoms with van der Waals surface area (Å²) in [4.78, 5) is 55.4. The van der Waals surface area contributed by atoms with Crippen molar-refractivity contribution in [2.45, 2.75) is 13.0 Å². The summed E-state index contributed by atoms with van der Waals surface area (Å²) in [7, 11) is 1.49. The Bertz CT molecular complexity index is 1040. The number of aromatic nitrogens is 1. The van der Waals surface area contributed by atoms with E-state index in [1.54, 1.807) is 19.1 Å². The molecule has 170 valence electrons. The lowest BCUT2D eigenvalue weighted by molar-refractivity contribution is -0.147. The number of nitrogens with zero attached hydrogens (tertiary/aromatic N) is 3. The zero-order chi connectivity index (χ0) is 23.3. The second-order valence-corrected chi connectivity index (χ2v) is 7.00. The molecule has 1 aliphatic heterocycles. The van der Waals surface area contributed by atoms with Gasteiger partial charge in [0.2, 0.25) is 5.91 Å². The highest BCUT2D eigenvalue weighted by molar-refractivity contribution is 5.98. The average Bonchev–Trinajstić information content (AvgIpc) is 2.81. The van der Waals surface area contributed by atoms with E-state index in [9.17, 15) is 24.3 Å². The maximum atomic E-state index is 12.6. The number of carboxylic acid groups (broad SMARTS) is 1. The van der Waals surface area contributed by atoms with Crippen LogP contribution in [0.15, 0.2) is 30.3 Å². The molecule has 11 nitrogen and oxygen atoms in total. The zero-order valence-electron chi connectivity index (χ0n) is 17.7. The largest absolute Gasteiger partial charge is 0.496 e. The molecule has 1 atom stereocenters. The normalized spacial score (nSPS) is 15.9. The molecule has 0 bridgehead atoms. The Morgan fingerprint density at radius 3 is 2.66 bits per heavy atom. The quantitative estimate of drug-likeness (QED) is 0.665. The third kappa shape index (κ3) is 4.88. The van der Waals surface area contributed by atoms with Gasteiger partial charge in [-0.2, -0.15) is 0 Å². The standard InChI is InChI=1S/C21H24N4O7/c1-3-32-21(30)25-9-8-24(12-16(25)20(28)29)18(26)11-22-19(27)15-10-17(31-2)13-6-4-5-7-14(13)23-15/h4-7,10,16H,3,8-9,11-12H2,1-2H3,(H,22,27)(H,28,29). The van der Waals surface area contributed by atoms with Crippen LogP contribution in [0.4, 0.5) is 4.79 Å². The van der Waals surface area contributed by atoms with E-state index < -0.39 is 29.9 Å².